The number of carbonyl (C=O) groups excluding carboxylic acids is 2. The van der Waals surface area contributed by atoms with Gasteiger partial charge in [0.2, 0.25) is 0 Å². The number of nitrogens with zero attached hydrogens (tertiary/aromatic N) is 1. The van der Waals surface area contributed by atoms with Crippen LogP contribution in [0.1, 0.15) is 52.4 Å². The van der Waals surface area contributed by atoms with Gasteiger partial charge in [-0.05, 0) is 12.8 Å². The smallest absolute Gasteiger partial charge is 0.306 e. The molecule has 0 heterocycles. The van der Waals surface area contributed by atoms with E-state index >= 15 is 0 Å². The molecular weight excluding hydrogens is 389 g/mol. The molecular formula is C18H36NO8P. The maximum absolute atomic E-state index is 11.9. The van der Waals surface area contributed by atoms with E-state index in [0.717, 1.165) is 12.8 Å². The topological polar surface area (TPSA) is 111 Å². The average molecular weight is 425 g/mol. The van der Waals surface area contributed by atoms with Crippen molar-refractivity contribution in [3.63, 3.8) is 0 Å². The maximum atomic E-state index is 11.9. The van der Waals surface area contributed by atoms with Crippen LogP contribution in [0.15, 0.2) is 0 Å². The minimum Gasteiger partial charge on any atom is -0.756 e. The molecule has 0 radical (unpaired) electrons. The predicted molar refractivity (Wildman–Crippen MR) is 102 cm³/mol. The zero-order valence-electron chi connectivity index (χ0n) is 17.8. The molecule has 0 aliphatic carbocycles. The van der Waals surface area contributed by atoms with Gasteiger partial charge in [-0.2, -0.15) is 0 Å². The van der Waals surface area contributed by atoms with E-state index in [1.165, 1.54) is 0 Å². The molecule has 28 heavy (non-hydrogen) atoms. The molecule has 0 aromatic rings. The lowest BCUT2D eigenvalue weighted by molar-refractivity contribution is -0.870. The number of carbonyl (C=O) groups is 2. The van der Waals surface area contributed by atoms with Crippen LogP contribution in [-0.4, -0.2) is 70.0 Å². The van der Waals surface area contributed by atoms with Crippen LogP contribution in [0.5, 0.6) is 0 Å². The highest BCUT2D eigenvalue weighted by Crippen LogP contribution is 2.38. The van der Waals surface area contributed by atoms with Crippen molar-refractivity contribution in [2.45, 2.75) is 58.5 Å². The van der Waals surface area contributed by atoms with E-state index in [1.807, 2.05) is 35.0 Å². The SMILES string of the molecule is CCCCC(=O)OCC(COP(=O)([O-])OCC[N+](C)(C)C)OC(=O)CCCC. The second-order valence-electron chi connectivity index (χ2n) is 7.59. The number of phosphoric acid groups is 1. The summed E-state index contributed by atoms with van der Waals surface area (Å²) >= 11 is 0. The van der Waals surface area contributed by atoms with Crippen molar-refractivity contribution in [1.29, 1.82) is 0 Å². The fraction of sp³-hybridized carbons (Fsp3) is 0.889. The van der Waals surface area contributed by atoms with Gasteiger partial charge >= 0.3 is 11.9 Å². The lowest BCUT2D eigenvalue weighted by Crippen LogP contribution is -2.37. The standard InChI is InChI=1S/C18H36NO8P/c1-6-8-10-17(20)24-14-16(27-18(21)11-9-7-2)15-26-28(22,23)25-13-12-19(3,4)5/h16H,6-15H2,1-5H3. The van der Waals surface area contributed by atoms with Crippen molar-refractivity contribution in [3.05, 3.63) is 0 Å². The molecule has 0 bridgehead atoms. The molecule has 0 saturated heterocycles. The molecule has 2 atom stereocenters. The van der Waals surface area contributed by atoms with Crippen LogP contribution in [-0.2, 0) is 32.7 Å². The molecule has 0 aliphatic rings. The minimum absolute atomic E-state index is 0.0305. The van der Waals surface area contributed by atoms with Gasteiger partial charge in [0.25, 0.3) is 7.82 Å². The molecule has 0 amide bonds. The number of rotatable bonds is 16. The summed E-state index contributed by atoms with van der Waals surface area (Å²) in [7, 11) is 1.15. The first-order valence-electron chi connectivity index (χ1n) is 9.74. The van der Waals surface area contributed by atoms with Gasteiger partial charge in [0.1, 0.15) is 19.8 Å². The van der Waals surface area contributed by atoms with Crippen LogP contribution in [0, 0.1) is 0 Å². The molecule has 2 unspecified atom stereocenters. The number of quaternary nitrogens is 1. The first kappa shape index (κ1) is 27.0. The molecule has 9 nitrogen and oxygen atoms in total. The Balaban J connectivity index is 4.60. The van der Waals surface area contributed by atoms with Crippen LogP contribution in [0.3, 0.4) is 0 Å². The van der Waals surface area contributed by atoms with Crippen molar-refractivity contribution in [3.8, 4) is 0 Å². The van der Waals surface area contributed by atoms with Crippen LogP contribution < -0.4 is 4.89 Å². The molecule has 0 spiro atoms. The van der Waals surface area contributed by atoms with Gasteiger partial charge in [0.05, 0.1) is 27.7 Å². The number of ether oxygens (including phenoxy) is 2. The van der Waals surface area contributed by atoms with Crippen LogP contribution >= 0.6 is 7.82 Å². The minimum atomic E-state index is -4.55. The van der Waals surface area contributed by atoms with Crippen LogP contribution in [0.2, 0.25) is 0 Å². The number of esters is 2. The molecule has 0 N–H and O–H groups in total. The van der Waals surface area contributed by atoms with Gasteiger partial charge in [-0.3, -0.25) is 14.2 Å². The normalized spacial score (nSPS) is 14.9. The third-order valence-corrected chi connectivity index (χ3v) is 4.59. The number of phosphoric ester groups is 1. The van der Waals surface area contributed by atoms with E-state index in [0.29, 0.717) is 23.9 Å². The van der Waals surface area contributed by atoms with Crippen LogP contribution in [0.25, 0.3) is 0 Å². The van der Waals surface area contributed by atoms with E-state index in [4.69, 9.17) is 18.5 Å². The second kappa shape index (κ2) is 14.1. The summed E-state index contributed by atoms with van der Waals surface area (Å²) in [6, 6.07) is 0. The van der Waals surface area contributed by atoms with Gasteiger partial charge in [-0.15, -0.1) is 0 Å². The molecule has 0 aromatic carbocycles. The Morgan fingerprint density at radius 2 is 1.54 bits per heavy atom. The van der Waals surface area contributed by atoms with Gasteiger partial charge in [-0.25, -0.2) is 0 Å². The summed E-state index contributed by atoms with van der Waals surface area (Å²) in [5.74, 6) is -0.923. The van der Waals surface area contributed by atoms with E-state index in [1.54, 1.807) is 0 Å². The number of hydrogen-bond donors (Lipinski definition) is 0. The fourth-order valence-electron chi connectivity index (χ4n) is 1.90. The number of hydrogen-bond acceptors (Lipinski definition) is 8. The summed E-state index contributed by atoms with van der Waals surface area (Å²) in [5.41, 5.74) is 0. The van der Waals surface area contributed by atoms with Gasteiger partial charge < -0.3 is 27.9 Å². The second-order valence-corrected chi connectivity index (χ2v) is 9.00. The highest BCUT2D eigenvalue weighted by molar-refractivity contribution is 7.45. The van der Waals surface area contributed by atoms with Gasteiger partial charge in [0, 0.05) is 12.8 Å². The monoisotopic (exact) mass is 425 g/mol. The van der Waals surface area contributed by atoms with E-state index in [9.17, 15) is 19.0 Å². The Hall–Kier alpha value is -0.990. The van der Waals surface area contributed by atoms with Crippen molar-refractivity contribution < 1.29 is 42.1 Å². The fourth-order valence-corrected chi connectivity index (χ4v) is 2.63. The molecule has 0 saturated carbocycles. The Bertz CT molecular complexity index is 506. The number of unbranched alkanes of at least 4 members (excludes halogenated alkanes) is 2. The van der Waals surface area contributed by atoms with Gasteiger partial charge in [-0.1, -0.05) is 26.7 Å². The third-order valence-electron chi connectivity index (χ3n) is 3.63. The lowest BCUT2D eigenvalue weighted by atomic mass is 10.2. The molecule has 0 rings (SSSR count). The molecule has 0 aliphatic heterocycles. The predicted octanol–water partition coefficient (Wildman–Crippen LogP) is 2.03. The lowest BCUT2D eigenvalue weighted by Gasteiger charge is -2.28. The Labute approximate surface area is 168 Å². The number of likely N-dealkylation sites (N-methyl/N-ethyl adjacent to an activating group) is 1. The van der Waals surface area contributed by atoms with Crippen molar-refractivity contribution in [1.82, 2.24) is 0 Å². The molecule has 0 aromatic heterocycles. The molecule has 166 valence electrons. The van der Waals surface area contributed by atoms with E-state index < -0.39 is 32.5 Å². The summed E-state index contributed by atoms with van der Waals surface area (Å²) in [6.07, 6.45) is 2.44. The Kier molecular flexibility index (Phi) is 13.6. The molecule has 0 fully saturated rings. The van der Waals surface area contributed by atoms with E-state index in [-0.39, 0.29) is 26.1 Å². The summed E-state index contributed by atoms with van der Waals surface area (Å²) in [6.45, 7) is 3.59. The third kappa shape index (κ3) is 16.0. The summed E-state index contributed by atoms with van der Waals surface area (Å²) in [5, 5.41) is 0. The van der Waals surface area contributed by atoms with Crippen molar-refractivity contribution >= 4 is 19.8 Å². The van der Waals surface area contributed by atoms with E-state index in [2.05, 4.69) is 0 Å². The summed E-state index contributed by atoms with van der Waals surface area (Å²) in [4.78, 5) is 35.4. The van der Waals surface area contributed by atoms with Crippen LogP contribution in [0.4, 0.5) is 0 Å². The zero-order chi connectivity index (χ0) is 21.6. The zero-order valence-corrected chi connectivity index (χ0v) is 18.7. The highest BCUT2D eigenvalue weighted by atomic mass is 31.2. The maximum Gasteiger partial charge on any atom is 0.306 e. The van der Waals surface area contributed by atoms with Crippen molar-refractivity contribution in [2.24, 2.45) is 0 Å². The average Bonchev–Trinajstić information content (AvgIpc) is 2.59. The first-order chi connectivity index (χ1) is 13.0. The Morgan fingerprint density at radius 1 is 0.964 bits per heavy atom. The van der Waals surface area contributed by atoms with Gasteiger partial charge in [0.15, 0.2) is 6.10 Å². The quantitative estimate of drug-likeness (QED) is 0.210. The summed E-state index contributed by atoms with van der Waals surface area (Å²) < 4.78 is 32.3. The largest absolute Gasteiger partial charge is 0.756 e. The van der Waals surface area contributed by atoms with Crippen molar-refractivity contribution in [2.75, 3.05) is 47.5 Å². The first-order valence-corrected chi connectivity index (χ1v) is 11.2. The Morgan fingerprint density at radius 3 is 2.07 bits per heavy atom. The molecule has 10 heteroatoms. The highest BCUT2D eigenvalue weighted by Gasteiger charge is 2.21.